The molecule has 0 aliphatic heterocycles. The average molecular weight is 594 g/mol. The highest BCUT2D eigenvalue weighted by Crippen LogP contribution is 2.39. The molecule has 0 saturated heterocycles. The highest BCUT2D eigenvalue weighted by Gasteiger charge is 2.25. The first-order chi connectivity index (χ1) is 18.4. The lowest BCUT2D eigenvalue weighted by Gasteiger charge is -2.17. The normalized spacial score (nSPS) is 11.3. The SMILES string of the molecule is COc1cc(C(=O)N(/N=C/c2coc3ccccc3c2=O)c2nc3ccc(Br)cc3s2)cc(OC)c1OC. The van der Waals surface area contributed by atoms with E-state index in [2.05, 4.69) is 26.0 Å². The monoisotopic (exact) mass is 593 g/mol. The first-order valence-corrected chi connectivity index (χ1v) is 12.8. The Hall–Kier alpha value is -4.22. The lowest BCUT2D eigenvalue weighted by Crippen LogP contribution is -2.26. The van der Waals surface area contributed by atoms with Gasteiger partial charge in [-0.1, -0.05) is 39.4 Å². The fraction of sp³-hybridized carbons (Fsp3) is 0.111. The van der Waals surface area contributed by atoms with Crippen molar-refractivity contribution in [3.63, 3.8) is 0 Å². The van der Waals surface area contributed by atoms with E-state index in [0.29, 0.717) is 38.9 Å². The zero-order valence-electron chi connectivity index (χ0n) is 20.4. The van der Waals surface area contributed by atoms with Crippen LogP contribution in [0, 0.1) is 0 Å². The molecule has 0 unspecified atom stereocenters. The molecule has 0 saturated carbocycles. The van der Waals surface area contributed by atoms with Gasteiger partial charge in [0.15, 0.2) is 11.5 Å². The number of aromatic nitrogens is 1. The summed E-state index contributed by atoms with van der Waals surface area (Å²) in [7, 11) is 4.41. The van der Waals surface area contributed by atoms with Gasteiger partial charge in [0.1, 0.15) is 11.8 Å². The molecule has 5 rings (SSSR count). The summed E-state index contributed by atoms with van der Waals surface area (Å²) in [5.41, 5.74) is 1.26. The number of rotatable bonds is 7. The minimum absolute atomic E-state index is 0.176. The first-order valence-electron chi connectivity index (χ1n) is 11.2. The van der Waals surface area contributed by atoms with Crippen LogP contribution in [0.25, 0.3) is 21.2 Å². The van der Waals surface area contributed by atoms with Crippen LogP contribution in [0.1, 0.15) is 15.9 Å². The van der Waals surface area contributed by atoms with Crippen LogP contribution in [-0.4, -0.2) is 38.4 Å². The number of anilines is 1. The molecule has 9 nitrogen and oxygen atoms in total. The third-order valence-electron chi connectivity index (χ3n) is 5.64. The number of thiazole rings is 1. The third kappa shape index (κ3) is 4.73. The second kappa shape index (κ2) is 10.6. The van der Waals surface area contributed by atoms with Gasteiger partial charge in [-0.25, -0.2) is 4.98 Å². The lowest BCUT2D eigenvalue weighted by molar-refractivity contribution is 0.0987. The molecule has 11 heteroatoms. The summed E-state index contributed by atoms with van der Waals surface area (Å²) < 4.78 is 23.5. The van der Waals surface area contributed by atoms with E-state index in [0.717, 1.165) is 14.2 Å². The highest BCUT2D eigenvalue weighted by atomic mass is 79.9. The van der Waals surface area contributed by atoms with Crippen LogP contribution in [0.15, 0.2) is 79.6 Å². The van der Waals surface area contributed by atoms with Crippen LogP contribution in [0.3, 0.4) is 0 Å². The van der Waals surface area contributed by atoms with E-state index < -0.39 is 5.91 Å². The molecule has 2 heterocycles. The van der Waals surface area contributed by atoms with Gasteiger partial charge in [-0.15, -0.1) is 0 Å². The number of methoxy groups -OCH3 is 3. The minimum atomic E-state index is -0.524. The second-order valence-electron chi connectivity index (χ2n) is 7.90. The molecule has 192 valence electrons. The van der Waals surface area contributed by atoms with Crippen molar-refractivity contribution in [1.82, 2.24) is 4.98 Å². The Kier molecular flexibility index (Phi) is 7.12. The van der Waals surface area contributed by atoms with Gasteiger partial charge in [-0.05, 0) is 42.5 Å². The second-order valence-corrected chi connectivity index (χ2v) is 9.83. The molecule has 2 aromatic heterocycles. The minimum Gasteiger partial charge on any atom is -0.493 e. The van der Waals surface area contributed by atoms with Crippen LogP contribution < -0.4 is 24.6 Å². The Morgan fingerprint density at radius 3 is 2.50 bits per heavy atom. The number of para-hydroxylation sites is 1. The van der Waals surface area contributed by atoms with Crippen LogP contribution in [0.2, 0.25) is 0 Å². The number of hydrogen-bond donors (Lipinski definition) is 0. The molecule has 0 atom stereocenters. The zero-order valence-corrected chi connectivity index (χ0v) is 22.8. The summed E-state index contributed by atoms with van der Waals surface area (Å²) in [4.78, 5) is 31.5. The van der Waals surface area contributed by atoms with Crippen molar-refractivity contribution in [3.8, 4) is 17.2 Å². The summed E-state index contributed by atoms with van der Waals surface area (Å²) in [5.74, 6) is 0.439. The molecule has 5 aromatic rings. The Balaban J connectivity index is 1.63. The van der Waals surface area contributed by atoms with Crippen LogP contribution in [0.4, 0.5) is 5.13 Å². The van der Waals surface area contributed by atoms with Crippen molar-refractivity contribution in [2.45, 2.75) is 0 Å². The summed E-state index contributed by atoms with van der Waals surface area (Å²) in [6.07, 6.45) is 2.60. The van der Waals surface area contributed by atoms with Gasteiger partial charge in [0, 0.05) is 10.0 Å². The Labute approximate surface area is 229 Å². The predicted molar refractivity (Wildman–Crippen MR) is 150 cm³/mol. The number of hydrogen-bond acceptors (Lipinski definition) is 9. The maximum absolute atomic E-state index is 13.9. The molecule has 3 aromatic carbocycles. The molecular weight excluding hydrogens is 574 g/mol. The molecule has 38 heavy (non-hydrogen) atoms. The van der Waals surface area contributed by atoms with Crippen LogP contribution in [-0.2, 0) is 0 Å². The van der Waals surface area contributed by atoms with Gasteiger partial charge < -0.3 is 18.6 Å². The Morgan fingerprint density at radius 2 is 1.79 bits per heavy atom. The van der Waals surface area contributed by atoms with Crippen molar-refractivity contribution in [2.75, 3.05) is 26.3 Å². The summed E-state index contributed by atoms with van der Waals surface area (Å²) in [6, 6.07) is 15.6. The molecule has 0 aliphatic rings. The lowest BCUT2D eigenvalue weighted by atomic mass is 10.1. The van der Waals surface area contributed by atoms with Crippen molar-refractivity contribution >= 4 is 65.7 Å². The fourth-order valence-corrected chi connectivity index (χ4v) is 5.27. The Morgan fingerprint density at radius 1 is 1.05 bits per heavy atom. The topological polar surface area (TPSA) is 103 Å². The number of amides is 1. The van der Waals surface area contributed by atoms with Crippen LogP contribution in [0.5, 0.6) is 17.2 Å². The molecule has 0 N–H and O–H groups in total. The molecule has 0 bridgehead atoms. The van der Waals surface area contributed by atoms with Gasteiger partial charge in [-0.2, -0.15) is 10.1 Å². The fourth-order valence-electron chi connectivity index (χ4n) is 3.79. The maximum Gasteiger partial charge on any atom is 0.281 e. The maximum atomic E-state index is 13.9. The van der Waals surface area contributed by atoms with Gasteiger partial charge in [0.05, 0.1) is 48.7 Å². The van der Waals surface area contributed by atoms with Crippen molar-refractivity contribution < 1.29 is 23.4 Å². The highest BCUT2D eigenvalue weighted by molar-refractivity contribution is 9.10. The van der Waals surface area contributed by atoms with E-state index in [-0.39, 0.29) is 16.6 Å². The smallest absolute Gasteiger partial charge is 0.281 e. The van der Waals surface area contributed by atoms with E-state index >= 15 is 0 Å². The standard InChI is InChI=1S/C27H20BrN3O6S/c1-34-21-10-15(11-22(35-2)25(21)36-3)26(33)31(27-30-19-9-8-17(28)12-23(19)38-27)29-13-16-14-37-20-7-5-4-6-18(20)24(16)32/h4-14H,1-3H3/b29-13+. The number of hydrazone groups is 1. The predicted octanol–water partition coefficient (Wildman–Crippen LogP) is 5.87. The van der Waals surface area contributed by atoms with Crippen molar-refractivity contribution in [1.29, 1.82) is 0 Å². The average Bonchev–Trinajstić information content (AvgIpc) is 3.36. The van der Waals surface area contributed by atoms with E-state index in [1.807, 2.05) is 18.2 Å². The van der Waals surface area contributed by atoms with Crippen LogP contribution >= 0.6 is 27.3 Å². The zero-order chi connectivity index (χ0) is 26.8. The van der Waals surface area contributed by atoms with Gasteiger partial charge in [-0.3, -0.25) is 9.59 Å². The summed E-state index contributed by atoms with van der Waals surface area (Å²) in [6.45, 7) is 0. The van der Waals surface area contributed by atoms with E-state index in [1.54, 1.807) is 24.3 Å². The van der Waals surface area contributed by atoms with E-state index in [1.165, 1.54) is 57.3 Å². The molecule has 0 aliphatic carbocycles. The molecular formula is C27H20BrN3O6S. The summed E-state index contributed by atoms with van der Waals surface area (Å²) >= 11 is 4.74. The molecule has 0 radical (unpaired) electrons. The largest absolute Gasteiger partial charge is 0.493 e. The number of ether oxygens (including phenoxy) is 3. The summed E-state index contributed by atoms with van der Waals surface area (Å²) in [5, 5.41) is 6.24. The number of nitrogens with zero attached hydrogens (tertiary/aromatic N) is 3. The van der Waals surface area contributed by atoms with Gasteiger partial charge in [0.25, 0.3) is 5.91 Å². The van der Waals surface area contributed by atoms with Gasteiger partial charge >= 0.3 is 0 Å². The number of halogens is 1. The molecule has 0 spiro atoms. The number of benzene rings is 3. The first kappa shape index (κ1) is 25.4. The molecule has 0 fully saturated rings. The van der Waals surface area contributed by atoms with Gasteiger partial charge in [0.2, 0.25) is 16.3 Å². The van der Waals surface area contributed by atoms with Crippen molar-refractivity contribution in [3.05, 3.63) is 86.7 Å². The van der Waals surface area contributed by atoms with Crippen molar-refractivity contribution in [2.24, 2.45) is 5.10 Å². The van der Waals surface area contributed by atoms with E-state index in [9.17, 15) is 9.59 Å². The quantitative estimate of drug-likeness (QED) is 0.172. The Bertz CT molecular complexity index is 1740. The molecule has 1 amide bonds. The number of fused-ring (bicyclic) bond motifs is 2. The number of carbonyl (C=O) groups is 1. The number of carbonyl (C=O) groups excluding carboxylic acids is 1. The van der Waals surface area contributed by atoms with E-state index in [4.69, 9.17) is 18.6 Å². The third-order valence-corrected chi connectivity index (χ3v) is 7.13.